The van der Waals surface area contributed by atoms with Gasteiger partial charge >= 0.3 is 6.18 Å². The smallest absolute Gasteiger partial charge is 0.436 e. The summed E-state index contributed by atoms with van der Waals surface area (Å²) in [5, 5.41) is 12.9. The Morgan fingerprint density at radius 2 is 2.03 bits per heavy atom. The number of nitrogens with one attached hydrogen (secondary N) is 2. The molecular formula is C19H20BrF3N6O3. The van der Waals surface area contributed by atoms with Crippen molar-refractivity contribution in [3.8, 4) is 0 Å². The summed E-state index contributed by atoms with van der Waals surface area (Å²) in [6.07, 6.45) is -1.73. The molecule has 1 atom stereocenters. The molecular weight excluding hydrogens is 497 g/mol. The van der Waals surface area contributed by atoms with Gasteiger partial charge in [0.15, 0.2) is 11.4 Å². The number of anilines is 1. The van der Waals surface area contributed by atoms with Gasteiger partial charge in [0.05, 0.1) is 28.7 Å². The van der Waals surface area contributed by atoms with Crippen LogP contribution in [0.1, 0.15) is 47.5 Å². The van der Waals surface area contributed by atoms with Crippen molar-refractivity contribution in [1.29, 1.82) is 0 Å². The predicted octanol–water partition coefficient (Wildman–Crippen LogP) is 3.91. The zero-order valence-electron chi connectivity index (χ0n) is 17.3. The molecule has 32 heavy (non-hydrogen) atoms. The fourth-order valence-corrected chi connectivity index (χ4v) is 3.40. The SMILES string of the molecule is CCn1cc(NC(=O)[C@@H](C)n2nc(C(F)(F)F)c(Br)c2C)c(C(=O)NCc2ccco2)n1. The predicted molar refractivity (Wildman–Crippen MR) is 111 cm³/mol. The van der Waals surface area contributed by atoms with Crippen molar-refractivity contribution < 1.29 is 27.2 Å². The van der Waals surface area contributed by atoms with Gasteiger partial charge in [0.2, 0.25) is 5.91 Å². The van der Waals surface area contributed by atoms with Crippen LogP contribution in [-0.4, -0.2) is 31.4 Å². The molecule has 0 saturated carbocycles. The number of alkyl halides is 3. The van der Waals surface area contributed by atoms with E-state index in [1.807, 2.05) is 0 Å². The summed E-state index contributed by atoms with van der Waals surface area (Å²) < 4.78 is 46.8. The Balaban J connectivity index is 1.80. The number of halogens is 4. The summed E-state index contributed by atoms with van der Waals surface area (Å²) in [5.74, 6) is -0.672. The van der Waals surface area contributed by atoms with E-state index in [9.17, 15) is 22.8 Å². The molecule has 0 aliphatic carbocycles. The molecule has 3 rings (SSSR count). The highest BCUT2D eigenvalue weighted by Gasteiger charge is 2.39. The van der Waals surface area contributed by atoms with Gasteiger partial charge in [-0.15, -0.1) is 0 Å². The number of hydrogen-bond donors (Lipinski definition) is 2. The Hall–Kier alpha value is -3.09. The minimum absolute atomic E-state index is 0.0340. The van der Waals surface area contributed by atoms with Gasteiger partial charge in [-0.2, -0.15) is 23.4 Å². The molecule has 0 aliphatic heterocycles. The normalized spacial score (nSPS) is 12.6. The lowest BCUT2D eigenvalue weighted by molar-refractivity contribution is -0.142. The van der Waals surface area contributed by atoms with Crippen molar-refractivity contribution in [2.24, 2.45) is 0 Å². The third-order valence-electron chi connectivity index (χ3n) is 4.65. The number of aryl methyl sites for hydroxylation is 1. The summed E-state index contributed by atoms with van der Waals surface area (Å²) in [6.45, 7) is 5.18. The Labute approximate surface area is 189 Å². The molecule has 0 fully saturated rings. The maximum atomic E-state index is 13.1. The molecule has 13 heteroatoms. The van der Waals surface area contributed by atoms with E-state index in [0.29, 0.717) is 12.3 Å². The summed E-state index contributed by atoms with van der Waals surface area (Å²) in [5.41, 5.74) is -0.888. The van der Waals surface area contributed by atoms with E-state index in [-0.39, 0.29) is 28.1 Å². The van der Waals surface area contributed by atoms with Gasteiger partial charge in [-0.3, -0.25) is 19.0 Å². The van der Waals surface area contributed by atoms with Crippen LogP contribution in [0.25, 0.3) is 0 Å². The lowest BCUT2D eigenvalue weighted by atomic mass is 10.2. The van der Waals surface area contributed by atoms with Crippen LogP contribution in [0.4, 0.5) is 18.9 Å². The van der Waals surface area contributed by atoms with E-state index in [1.165, 1.54) is 31.0 Å². The van der Waals surface area contributed by atoms with Gasteiger partial charge in [-0.1, -0.05) is 0 Å². The monoisotopic (exact) mass is 516 g/mol. The van der Waals surface area contributed by atoms with Gasteiger partial charge < -0.3 is 15.1 Å². The summed E-state index contributed by atoms with van der Waals surface area (Å²) >= 11 is 2.89. The highest BCUT2D eigenvalue weighted by molar-refractivity contribution is 9.10. The van der Waals surface area contributed by atoms with Crippen LogP contribution < -0.4 is 10.6 Å². The van der Waals surface area contributed by atoms with Crippen LogP contribution in [0.15, 0.2) is 33.5 Å². The van der Waals surface area contributed by atoms with Crippen molar-refractivity contribution in [3.05, 3.63) is 51.9 Å². The van der Waals surface area contributed by atoms with Crippen molar-refractivity contribution >= 4 is 33.4 Å². The summed E-state index contributed by atoms with van der Waals surface area (Å²) in [4.78, 5) is 25.4. The van der Waals surface area contributed by atoms with E-state index in [0.717, 1.165) is 4.68 Å². The number of carbonyl (C=O) groups is 2. The van der Waals surface area contributed by atoms with Gasteiger partial charge in [0, 0.05) is 12.7 Å². The van der Waals surface area contributed by atoms with Crippen LogP contribution in [0.3, 0.4) is 0 Å². The number of furan rings is 1. The van der Waals surface area contributed by atoms with E-state index in [2.05, 4.69) is 36.8 Å². The van der Waals surface area contributed by atoms with Gasteiger partial charge in [-0.05, 0) is 48.8 Å². The molecule has 3 aromatic rings. The molecule has 3 heterocycles. The lowest BCUT2D eigenvalue weighted by Crippen LogP contribution is -2.28. The average molecular weight is 517 g/mol. The highest BCUT2D eigenvalue weighted by Crippen LogP contribution is 2.36. The fraction of sp³-hybridized carbons (Fsp3) is 0.368. The second-order valence-corrected chi connectivity index (χ2v) is 7.66. The van der Waals surface area contributed by atoms with Crippen molar-refractivity contribution in [1.82, 2.24) is 24.9 Å². The molecule has 0 spiro atoms. The van der Waals surface area contributed by atoms with E-state index >= 15 is 0 Å². The molecule has 2 N–H and O–H groups in total. The van der Waals surface area contributed by atoms with Gasteiger partial charge in [0.25, 0.3) is 5.91 Å². The number of hydrogen-bond acceptors (Lipinski definition) is 5. The van der Waals surface area contributed by atoms with E-state index < -0.39 is 29.7 Å². The molecule has 172 valence electrons. The first-order valence-electron chi connectivity index (χ1n) is 9.53. The molecule has 2 amide bonds. The molecule has 9 nitrogen and oxygen atoms in total. The Kier molecular flexibility index (Phi) is 6.77. The lowest BCUT2D eigenvalue weighted by Gasteiger charge is -2.14. The number of nitrogens with zero attached hydrogens (tertiary/aromatic N) is 4. The van der Waals surface area contributed by atoms with Crippen LogP contribution >= 0.6 is 15.9 Å². The average Bonchev–Trinajstić information content (AvgIpc) is 3.46. The van der Waals surface area contributed by atoms with Crippen molar-refractivity contribution in [2.75, 3.05) is 5.32 Å². The van der Waals surface area contributed by atoms with Gasteiger partial charge in [-0.25, -0.2) is 0 Å². The van der Waals surface area contributed by atoms with E-state index in [1.54, 1.807) is 19.1 Å². The largest absolute Gasteiger partial charge is 0.467 e. The summed E-state index contributed by atoms with van der Waals surface area (Å²) in [6, 6.07) is 2.28. The number of carbonyl (C=O) groups excluding carboxylic acids is 2. The maximum Gasteiger partial charge on any atom is 0.436 e. The molecule has 0 aliphatic rings. The van der Waals surface area contributed by atoms with Crippen LogP contribution in [0.2, 0.25) is 0 Å². The molecule has 0 aromatic carbocycles. The third-order valence-corrected chi connectivity index (χ3v) is 5.60. The first kappa shape index (κ1) is 23.6. The molecule has 0 radical (unpaired) electrons. The number of aromatic nitrogens is 4. The third kappa shape index (κ3) is 4.87. The van der Waals surface area contributed by atoms with Crippen molar-refractivity contribution in [2.45, 2.75) is 46.1 Å². The quantitative estimate of drug-likeness (QED) is 0.495. The Bertz CT molecular complexity index is 1120. The van der Waals surface area contributed by atoms with Crippen LogP contribution in [-0.2, 0) is 24.1 Å². The first-order chi connectivity index (χ1) is 15.0. The van der Waals surface area contributed by atoms with E-state index in [4.69, 9.17) is 4.42 Å². The standard InChI is InChI=1S/C19H20BrF3N6O3/c1-4-28-9-13(15(26-28)18(31)24-8-12-6-5-7-32-12)25-17(30)11(3)29-10(2)14(20)16(27-29)19(21,22)23/h5-7,9,11H,4,8H2,1-3H3,(H,24,31)(H,25,30)/t11-/m1/s1. The first-order valence-corrected chi connectivity index (χ1v) is 10.3. The van der Waals surface area contributed by atoms with Crippen LogP contribution in [0.5, 0.6) is 0 Å². The summed E-state index contributed by atoms with van der Waals surface area (Å²) in [7, 11) is 0. The second-order valence-electron chi connectivity index (χ2n) is 6.86. The molecule has 0 saturated heterocycles. The Morgan fingerprint density at radius 3 is 2.59 bits per heavy atom. The maximum absolute atomic E-state index is 13.1. The minimum atomic E-state index is -4.67. The zero-order valence-corrected chi connectivity index (χ0v) is 18.9. The fourth-order valence-electron chi connectivity index (χ4n) is 2.91. The Morgan fingerprint density at radius 1 is 1.31 bits per heavy atom. The zero-order chi connectivity index (χ0) is 23.6. The molecule has 0 unspecified atom stereocenters. The topological polar surface area (TPSA) is 107 Å². The number of amides is 2. The molecule has 3 aromatic heterocycles. The highest BCUT2D eigenvalue weighted by atomic mass is 79.9. The number of rotatable bonds is 7. The van der Waals surface area contributed by atoms with Crippen molar-refractivity contribution in [3.63, 3.8) is 0 Å². The van der Waals surface area contributed by atoms with Crippen LogP contribution in [0, 0.1) is 6.92 Å². The minimum Gasteiger partial charge on any atom is -0.467 e. The molecule has 0 bridgehead atoms. The van der Waals surface area contributed by atoms with Gasteiger partial charge in [0.1, 0.15) is 11.8 Å². The second kappa shape index (κ2) is 9.18.